The van der Waals surface area contributed by atoms with Gasteiger partial charge in [0.15, 0.2) is 0 Å². The molecule has 48 heavy (non-hydrogen) atoms. The van der Waals surface area contributed by atoms with E-state index < -0.39 is 6.16 Å². The van der Waals surface area contributed by atoms with Crippen LogP contribution in [0.4, 0.5) is 0 Å². The highest BCUT2D eigenvalue weighted by molar-refractivity contribution is 4.94. The van der Waals surface area contributed by atoms with Crippen molar-refractivity contribution in [1.29, 1.82) is 0 Å². The van der Waals surface area contributed by atoms with Crippen molar-refractivity contribution in [2.75, 3.05) is 33.9 Å². The van der Waals surface area contributed by atoms with Gasteiger partial charge in [0.05, 0.1) is 13.2 Å². The average Bonchev–Trinajstić information content (AvgIpc) is 3.49. The number of ether oxygens (including phenoxy) is 4. The third kappa shape index (κ3) is 28.1. The topological polar surface area (TPSA) is 40.2 Å². The SMILES string of the molecule is CCCCC/C=C\C/C=C\CCCCCCCCOC1(OCCCCCCCC/C=C\C/C=C\CCCCC)OC=C(CCN(C)C)O1. The molecule has 0 atom stereocenters. The minimum atomic E-state index is -1.41. The molecule has 0 N–H and O–H groups in total. The second kappa shape index (κ2) is 33.7. The van der Waals surface area contributed by atoms with Gasteiger partial charge in [0.1, 0.15) is 12.0 Å². The van der Waals surface area contributed by atoms with Crippen molar-refractivity contribution in [3.05, 3.63) is 60.6 Å². The Morgan fingerprint density at radius 3 is 1.35 bits per heavy atom. The quantitative estimate of drug-likeness (QED) is 0.0381. The van der Waals surface area contributed by atoms with E-state index in [-0.39, 0.29) is 0 Å². The summed E-state index contributed by atoms with van der Waals surface area (Å²) in [5, 5.41) is 0. The first-order valence-corrected chi connectivity index (χ1v) is 20.2. The highest BCUT2D eigenvalue weighted by Crippen LogP contribution is 2.31. The van der Waals surface area contributed by atoms with Gasteiger partial charge < -0.3 is 14.4 Å². The van der Waals surface area contributed by atoms with Gasteiger partial charge in [-0.3, -0.25) is 9.47 Å². The molecule has 0 saturated carbocycles. The molecule has 1 aliphatic rings. The summed E-state index contributed by atoms with van der Waals surface area (Å²) in [6, 6.07) is 0. The van der Waals surface area contributed by atoms with E-state index in [1.54, 1.807) is 6.26 Å². The molecule has 1 rings (SSSR count). The van der Waals surface area contributed by atoms with Crippen LogP contribution in [0.3, 0.4) is 0 Å². The Bertz CT molecular complexity index is 794. The standard InChI is InChI=1S/C43H77NO4/c1-5-7-9-11-13-15-17-19-21-23-25-27-29-31-33-35-39-45-43(47-41-42(48-43)37-38-44(3)4)46-40-36-34-32-30-28-26-24-22-20-18-16-14-12-10-8-6-2/h13-16,19-22,41H,5-12,17-18,23-40H2,1-4H3/b15-13-,16-14-,21-19-,22-20-. The molecule has 278 valence electrons. The lowest BCUT2D eigenvalue weighted by atomic mass is 10.1. The molecule has 0 aromatic rings. The molecular weight excluding hydrogens is 594 g/mol. The summed E-state index contributed by atoms with van der Waals surface area (Å²) < 4.78 is 24.2. The van der Waals surface area contributed by atoms with Gasteiger partial charge in [-0.05, 0) is 91.1 Å². The number of hydrogen-bond donors (Lipinski definition) is 0. The molecule has 0 fully saturated rings. The summed E-state index contributed by atoms with van der Waals surface area (Å²) in [4.78, 5) is 2.14. The second-order valence-corrected chi connectivity index (χ2v) is 13.7. The molecule has 0 aliphatic carbocycles. The van der Waals surface area contributed by atoms with Crippen molar-refractivity contribution >= 4 is 0 Å². The lowest BCUT2D eigenvalue weighted by molar-refractivity contribution is -0.459. The van der Waals surface area contributed by atoms with Gasteiger partial charge in [-0.15, -0.1) is 0 Å². The molecule has 0 spiro atoms. The number of nitrogens with zero attached hydrogens (tertiary/aromatic N) is 1. The van der Waals surface area contributed by atoms with Crippen LogP contribution in [0.25, 0.3) is 0 Å². The molecule has 1 heterocycles. The molecule has 0 bridgehead atoms. The van der Waals surface area contributed by atoms with Crippen LogP contribution in [-0.4, -0.2) is 44.9 Å². The van der Waals surface area contributed by atoms with Crippen LogP contribution in [0, 0.1) is 0 Å². The predicted molar refractivity (Wildman–Crippen MR) is 207 cm³/mol. The van der Waals surface area contributed by atoms with E-state index in [0.717, 1.165) is 57.2 Å². The minimum Gasteiger partial charge on any atom is -0.411 e. The Hall–Kier alpha value is -1.82. The van der Waals surface area contributed by atoms with Crippen LogP contribution in [0.2, 0.25) is 0 Å². The van der Waals surface area contributed by atoms with Crippen molar-refractivity contribution in [2.45, 2.75) is 181 Å². The van der Waals surface area contributed by atoms with Crippen molar-refractivity contribution in [1.82, 2.24) is 4.90 Å². The van der Waals surface area contributed by atoms with Gasteiger partial charge in [0, 0.05) is 13.0 Å². The fraction of sp³-hybridized carbons (Fsp3) is 0.767. The van der Waals surface area contributed by atoms with Gasteiger partial charge in [0.2, 0.25) is 0 Å². The largest absolute Gasteiger partial charge is 0.509 e. The first-order chi connectivity index (χ1) is 23.6. The van der Waals surface area contributed by atoms with Crippen molar-refractivity contribution < 1.29 is 18.9 Å². The Morgan fingerprint density at radius 2 is 0.938 bits per heavy atom. The molecular formula is C43H77NO4. The summed E-state index contributed by atoms with van der Waals surface area (Å²) in [7, 11) is 4.13. The first kappa shape index (κ1) is 44.2. The maximum Gasteiger partial charge on any atom is 0.509 e. The Balaban J connectivity index is 2.13. The van der Waals surface area contributed by atoms with Gasteiger partial charge in [-0.25, -0.2) is 0 Å². The predicted octanol–water partition coefficient (Wildman–Crippen LogP) is 13.1. The summed E-state index contributed by atoms with van der Waals surface area (Å²) in [5.41, 5.74) is 0. The maximum atomic E-state index is 6.12. The summed E-state index contributed by atoms with van der Waals surface area (Å²) in [6.45, 7) is 6.56. The molecule has 5 nitrogen and oxygen atoms in total. The Morgan fingerprint density at radius 1 is 0.542 bits per heavy atom. The molecule has 0 aromatic carbocycles. The van der Waals surface area contributed by atoms with Gasteiger partial charge >= 0.3 is 6.16 Å². The van der Waals surface area contributed by atoms with Crippen LogP contribution in [-0.2, 0) is 18.9 Å². The minimum absolute atomic E-state index is 0.577. The zero-order chi connectivity index (χ0) is 34.6. The Labute approximate surface area is 298 Å². The van der Waals surface area contributed by atoms with E-state index in [1.165, 1.54) is 116 Å². The van der Waals surface area contributed by atoms with E-state index in [2.05, 4.69) is 81.5 Å². The fourth-order valence-corrected chi connectivity index (χ4v) is 5.53. The normalized spacial score (nSPS) is 14.7. The highest BCUT2D eigenvalue weighted by Gasteiger charge is 2.43. The summed E-state index contributed by atoms with van der Waals surface area (Å²) in [5.74, 6) is 0.790. The van der Waals surface area contributed by atoms with Gasteiger partial charge in [0.25, 0.3) is 0 Å². The van der Waals surface area contributed by atoms with Crippen LogP contribution < -0.4 is 0 Å². The highest BCUT2D eigenvalue weighted by atomic mass is 17.0. The van der Waals surface area contributed by atoms with Gasteiger partial charge in [-0.2, -0.15) is 0 Å². The van der Waals surface area contributed by atoms with E-state index in [4.69, 9.17) is 18.9 Å². The maximum absolute atomic E-state index is 6.12. The molecule has 0 radical (unpaired) electrons. The van der Waals surface area contributed by atoms with E-state index in [0.29, 0.717) is 13.2 Å². The molecule has 0 aromatic heterocycles. The first-order valence-electron chi connectivity index (χ1n) is 20.2. The fourth-order valence-electron chi connectivity index (χ4n) is 5.53. The van der Waals surface area contributed by atoms with Crippen molar-refractivity contribution in [2.24, 2.45) is 0 Å². The van der Waals surface area contributed by atoms with E-state index in [9.17, 15) is 0 Å². The van der Waals surface area contributed by atoms with E-state index in [1.807, 2.05) is 0 Å². The van der Waals surface area contributed by atoms with Crippen LogP contribution in [0.5, 0.6) is 0 Å². The second-order valence-electron chi connectivity index (χ2n) is 13.7. The lowest BCUT2D eigenvalue weighted by Gasteiger charge is -2.27. The van der Waals surface area contributed by atoms with Crippen molar-refractivity contribution in [3.63, 3.8) is 0 Å². The third-order valence-corrected chi connectivity index (χ3v) is 8.64. The van der Waals surface area contributed by atoms with Gasteiger partial charge in [-0.1, -0.05) is 140 Å². The molecule has 0 unspecified atom stereocenters. The smallest absolute Gasteiger partial charge is 0.411 e. The van der Waals surface area contributed by atoms with E-state index >= 15 is 0 Å². The zero-order valence-electron chi connectivity index (χ0n) is 32.1. The van der Waals surface area contributed by atoms with Crippen molar-refractivity contribution in [3.8, 4) is 0 Å². The molecule has 0 saturated heterocycles. The molecule has 1 aliphatic heterocycles. The number of unbranched alkanes of at least 4 members (excludes halogenated alkanes) is 18. The average molecular weight is 672 g/mol. The lowest BCUT2D eigenvalue weighted by Crippen LogP contribution is -2.38. The van der Waals surface area contributed by atoms with Crippen LogP contribution in [0.1, 0.15) is 174 Å². The summed E-state index contributed by atoms with van der Waals surface area (Å²) in [6.07, 6.45) is 49.1. The number of rotatable bonds is 35. The van der Waals surface area contributed by atoms with Crippen LogP contribution >= 0.6 is 0 Å². The molecule has 5 heteroatoms. The monoisotopic (exact) mass is 672 g/mol. The third-order valence-electron chi connectivity index (χ3n) is 8.64. The zero-order valence-corrected chi connectivity index (χ0v) is 32.1. The summed E-state index contributed by atoms with van der Waals surface area (Å²) >= 11 is 0. The number of allylic oxidation sites excluding steroid dienone is 8. The van der Waals surface area contributed by atoms with Crippen LogP contribution in [0.15, 0.2) is 60.6 Å². The number of hydrogen-bond acceptors (Lipinski definition) is 5. The Kier molecular flexibility index (Phi) is 31.0. The molecule has 0 amide bonds.